The molecule has 0 aromatic heterocycles. The highest BCUT2D eigenvalue weighted by molar-refractivity contribution is 5.95. The first-order valence-electron chi connectivity index (χ1n) is 6.70. The van der Waals surface area contributed by atoms with Gasteiger partial charge in [0.15, 0.2) is 0 Å². The van der Waals surface area contributed by atoms with E-state index in [4.69, 9.17) is 15.9 Å². The molecule has 3 heteroatoms. The average molecular weight is 246 g/mol. The van der Waals surface area contributed by atoms with Crippen LogP contribution in [0.4, 0.5) is 0 Å². The maximum Gasteiger partial charge on any atom is 0.122 e. The average Bonchev–Trinajstić information content (AvgIpc) is 2.37. The van der Waals surface area contributed by atoms with Crippen molar-refractivity contribution in [2.75, 3.05) is 0 Å². The molecule has 0 aliphatic heterocycles. The van der Waals surface area contributed by atoms with E-state index < -0.39 is 0 Å². The molecule has 1 aliphatic carbocycles. The Kier molecular flexibility index (Phi) is 4.37. The second-order valence-corrected chi connectivity index (χ2v) is 5.32. The minimum Gasteiger partial charge on any atom is -0.384 e. The van der Waals surface area contributed by atoms with Gasteiger partial charge in [0.2, 0.25) is 0 Å². The Labute approximate surface area is 109 Å². The molecule has 2 rings (SSSR count). The second-order valence-electron chi connectivity index (χ2n) is 5.32. The summed E-state index contributed by atoms with van der Waals surface area (Å²) in [6.45, 7) is 2.92. The van der Waals surface area contributed by atoms with Crippen molar-refractivity contribution in [1.82, 2.24) is 0 Å². The lowest BCUT2D eigenvalue weighted by molar-refractivity contribution is 0.00466. The summed E-state index contributed by atoms with van der Waals surface area (Å²) in [4.78, 5) is 0. The third kappa shape index (κ3) is 3.57. The Balaban J connectivity index is 1.89. The van der Waals surface area contributed by atoms with Crippen molar-refractivity contribution in [3.05, 3.63) is 35.4 Å². The summed E-state index contributed by atoms with van der Waals surface area (Å²) in [6.07, 6.45) is 5.36. The van der Waals surface area contributed by atoms with Crippen LogP contribution in [0.2, 0.25) is 0 Å². The van der Waals surface area contributed by atoms with Crippen LogP contribution in [0.25, 0.3) is 0 Å². The molecule has 1 saturated carbocycles. The summed E-state index contributed by atoms with van der Waals surface area (Å²) in [5.74, 6) is 0.899. The molecule has 18 heavy (non-hydrogen) atoms. The number of amidine groups is 1. The highest BCUT2D eigenvalue weighted by Gasteiger charge is 2.19. The summed E-state index contributed by atoms with van der Waals surface area (Å²) in [6, 6.07) is 7.75. The molecule has 1 aliphatic rings. The van der Waals surface area contributed by atoms with Gasteiger partial charge in [0.05, 0.1) is 12.7 Å². The standard InChI is InChI=1S/C15H22N2O/c1-11-4-2-7-14(8-11)18-10-12-5-3-6-13(9-12)15(16)17/h3,5-6,9,11,14H,2,4,7-8,10H2,1H3,(H3,16,17). The lowest BCUT2D eigenvalue weighted by atomic mass is 9.89. The predicted molar refractivity (Wildman–Crippen MR) is 73.7 cm³/mol. The van der Waals surface area contributed by atoms with Crippen LogP contribution < -0.4 is 5.73 Å². The number of hydrogen-bond acceptors (Lipinski definition) is 2. The topological polar surface area (TPSA) is 59.1 Å². The Hall–Kier alpha value is -1.35. The molecule has 0 radical (unpaired) electrons. The highest BCUT2D eigenvalue weighted by atomic mass is 16.5. The van der Waals surface area contributed by atoms with Gasteiger partial charge in [-0.2, -0.15) is 0 Å². The van der Waals surface area contributed by atoms with Crippen LogP contribution >= 0.6 is 0 Å². The van der Waals surface area contributed by atoms with Crippen molar-refractivity contribution in [2.24, 2.45) is 11.7 Å². The van der Waals surface area contributed by atoms with Crippen LogP contribution in [0, 0.1) is 11.3 Å². The summed E-state index contributed by atoms with van der Waals surface area (Å²) in [5.41, 5.74) is 7.35. The number of nitrogen functional groups attached to an aromatic ring is 1. The fourth-order valence-electron chi connectivity index (χ4n) is 2.57. The molecular formula is C15H22N2O. The fourth-order valence-corrected chi connectivity index (χ4v) is 2.57. The van der Waals surface area contributed by atoms with Crippen molar-refractivity contribution >= 4 is 5.84 Å². The third-order valence-electron chi connectivity index (χ3n) is 3.61. The quantitative estimate of drug-likeness (QED) is 0.633. The second kappa shape index (κ2) is 6.01. The maximum absolute atomic E-state index is 7.42. The van der Waals surface area contributed by atoms with Crippen LogP contribution in [0.5, 0.6) is 0 Å². The number of rotatable bonds is 4. The molecule has 2 atom stereocenters. The molecule has 3 nitrogen and oxygen atoms in total. The smallest absolute Gasteiger partial charge is 0.122 e. The molecule has 0 amide bonds. The molecule has 0 spiro atoms. The Morgan fingerprint density at radius 3 is 3.00 bits per heavy atom. The first-order valence-corrected chi connectivity index (χ1v) is 6.70. The van der Waals surface area contributed by atoms with Gasteiger partial charge < -0.3 is 10.5 Å². The summed E-state index contributed by atoms with van der Waals surface area (Å²) >= 11 is 0. The molecule has 1 fully saturated rings. The maximum atomic E-state index is 7.42. The van der Waals surface area contributed by atoms with E-state index in [1.54, 1.807) is 0 Å². The van der Waals surface area contributed by atoms with E-state index >= 15 is 0 Å². The van der Waals surface area contributed by atoms with E-state index in [1.807, 2.05) is 24.3 Å². The minimum absolute atomic E-state index is 0.114. The van der Waals surface area contributed by atoms with E-state index in [0.717, 1.165) is 17.0 Å². The van der Waals surface area contributed by atoms with Gasteiger partial charge in [0.1, 0.15) is 5.84 Å². The van der Waals surface area contributed by atoms with E-state index in [1.165, 1.54) is 25.7 Å². The zero-order chi connectivity index (χ0) is 13.0. The number of nitrogens with one attached hydrogen (secondary N) is 1. The summed E-state index contributed by atoms with van der Waals surface area (Å²) in [7, 11) is 0. The van der Waals surface area contributed by atoms with Gasteiger partial charge in [-0.1, -0.05) is 38.0 Å². The number of benzene rings is 1. The monoisotopic (exact) mass is 246 g/mol. The largest absolute Gasteiger partial charge is 0.384 e. The molecule has 0 bridgehead atoms. The van der Waals surface area contributed by atoms with Crippen molar-refractivity contribution in [1.29, 1.82) is 5.41 Å². The van der Waals surface area contributed by atoms with Crippen molar-refractivity contribution in [3.63, 3.8) is 0 Å². The van der Waals surface area contributed by atoms with Crippen LogP contribution in [0.15, 0.2) is 24.3 Å². The van der Waals surface area contributed by atoms with Crippen molar-refractivity contribution in [2.45, 2.75) is 45.3 Å². The molecule has 1 aromatic rings. The van der Waals surface area contributed by atoms with Crippen LogP contribution in [0.3, 0.4) is 0 Å². The van der Waals surface area contributed by atoms with Gasteiger partial charge in [0, 0.05) is 5.56 Å². The Bertz CT molecular complexity index is 417. The van der Waals surface area contributed by atoms with E-state index in [2.05, 4.69) is 6.92 Å². The first kappa shape index (κ1) is 13.1. The van der Waals surface area contributed by atoms with Gasteiger partial charge >= 0.3 is 0 Å². The molecule has 0 heterocycles. The number of nitrogens with two attached hydrogens (primary N) is 1. The van der Waals surface area contributed by atoms with Gasteiger partial charge in [-0.25, -0.2) is 0 Å². The molecule has 1 aromatic carbocycles. The molecule has 0 saturated heterocycles. The lowest BCUT2D eigenvalue weighted by Crippen LogP contribution is -2.21. The molecule has 98 valence electrons. The van der Waals surface area contributed by atoms with Gasteiger partial charge in [-0.05, 0) is 30.4 Å². The van der Waals surface area contributed by atoms with Crippen LogP contribution in [-0.4, -0.2) is 11.9 Å². The SMILES string of the molecule is CC1CCCC(OCc2cccc(C(=N)N)c2)C1. The minimum atomic E-state index is 0.114. The predicted octanol–water partition coefficient (Wildman–Crippen LogP) is 3.07. The summed E-state index contributed by atoms with van der Waals surface area (Å²) < 4.78 is 5.96. The van der Waals surface area contributed by atoms with E-state index in [-0.39, 0.29) is 5.84 Å². The van der Waals surface area contributed by atoms with E-state index in [0.29, 0.717) is 12.7 Å². The first-order chi connectivity index (χ1) is 8.65. The lowest BCUT2D eigenvalue weighted by Gasteiger charge is -2.26. The zero-order valence-electron chi connectivity index (χ0n) is 11.0. The number of hydrogen-bond donors (Lipinski definition) is 2. The molecular weight excluding hydrogens is 224 g/mol. The normalized spacial score (nSPS) is 23.8. The van der Waals surface area contributed by atoms with Gasteiger partial charge in [0.25, 0.3) is 0 Å². The Morgan fingerprint density at radius 2 is 2.28 bits per heavy atom. The number of ether oxygens (including phenoxy) is 1. The van der Waals surface area contributed by atoms with Crippen LogP contribution in [-0.2, 0) is 11.3 Å². The van der Waals surface area contributed by atoms with Gasteiger partial charge in [-0.15, -0.1) is 0 Å². The fraction of sp³-hybridized carbons (Fsp3) is 0.533. The van der Waals surface area contributed by atoms with Crippen LogP contribution in [0.1, 0.15) is 43.7 Å². The van der Waals surface area contributed by atoms with Crippen molar-refractivity contribution in [3.8, 4) is 0 Å². The van der Waals surface area contributed by atoms with Gasteiger partial charge in [-0.3, -0.25) is 5.41 Å². The highest BCUT2D eigenvalue weighted by Crippen LogP contribution is 2.26. The third-order valence-corrected chi connectivity index (χ3v) is 3.61. The van der Waals surface area contributed by atoms with E-state index in [9.17, 15) is 0 Å². The molecule has 3 N–H and O–H groups in total. The zero-order valence-corrected chi connectivity index (χ0v) is 11.0. The molecule has 2 unspecified atom stereocenters. The van der Waals surface area contributed by atoms with Crippen molar-refractivity contribution < 1.29 is 4.74 Å². The summed E-state index contributed by atoms with van der Waals surface area (Å²) in [5, 5.41) is 7.42. The Morgan fingerprint density at radius 1 is 1.44 bits per heavy atom.